The quantitative estimate of drug-likeness (QED) is 0.674. The van der Waals surface area contributed by atoms with Gasteiger partial charge in [0.1, 0.15) is 5.75 Å². The highest BCUT2D eigenvalue weighted by molar-refractivity contribution is 14.1. The number of hydrogen-bond acceptors (Lipinski definition) is 4. The monoisotopic (exact) mass is 449 g/mol. The standard InChI is InChI=1S/C16H14F2INO4/c1-22-13-7-11(12(19)8-14(13)23-2)15(21)20-9-3-5-10(6-4-9)24-16(17)18/h3-8,16H,1-2H3,(H,20,21). The number of nitrogens with one attached hydrogen (secondary N) is 1. The number of hydrogen-bond donors (Lipinski definition) is 1. The Kier molecular flexibility index (Phi) is 6.18. The van der Waals surface area contributed by atoms with Crippen molar-refractivity contribution < 1.29 is 27.8 Å². The molecule has 0 saturated carbocycles. The minimum atomic E-state index is -2.89. The zero-order valence-corrected chi connectivity index (χ0v) is 15.0. The van der Waals surface area contributed by atoms with Gasteiger partial charge in [-0.25, -0.2) is 0 Å². The second-order valence-corrected chi connectivity index (χ2v) is 5.71. The summed E-state index contributed by atoms with van der Waals surface area (Å²) in [6.07, 6.45) is 0. The van der Waals surface area contributed by atoms with Gasteiger partial charge in [0.05, 0.1) is 19.8 Å². The topological polar surface area (TPSA) is 56.8 Å². The van der Waals surface area contributed by atoms with Gasteiger partial charge in [0.25, 0.3) is 5.91 Å². The summed E-state index contributed by atoms with van der Waals surface area (Å²) in [5.41, 5.74) is 0.855. The fourth-order valence-electron chi connectivity index (χ4n) is 1.95. The van der Waals surface area contributed by atoms with Crippen LogP contribution in [-0.2, 0) is 0 Å². The predicted molar refractivity (Wildman–Crippen MR) is 93.3 cm³/mol. The van der Waals surface area contributed by atoms with Gasteiger partial charge >= 0.3 is 6.61 Å². The fourth-order valence-corrected chi connectivity index (χ4v) is 2.63. The molecule has 5 nitrogen and oxygen atoms in total. The van der Waals surface area contributed by atoms with Crippen molar-refractivity contribution in [1.29, 1.82) is 0 Å². The lowest BCUT2D eigenvalue weighted by Gasteiger charge is -2.12. The van der Waals surface area contributed by atoms with Gasteiger partial charge in [-0.2, -0.15) is 8.78 Å². The molecule has 1 amide bonds. The van der Waals surface area contributed by atoms with Crippen molar-refractivity contribution in [3.8, 4) is 17.2 Å². The van der Waals surface area contributed by atoms with Crippen molar-refractivity contribution in [2.45, 2.75) is 6.61 Å². The molecule has 24 heavy (non-hydrogen) atoms. The summed E-state index contributed by atoms with van der Waals surface area (Å²) < 4.78 is 39.5. The lowest BCUT2D eigenvalue weighted by molar-refractivity contribution is -0.0498. The van der Waals surface area contributed by atoms with Crippen LogP contribution in [0.4, 0.5) is 14.5 Å². The summed E-state index contributed by atoms with van der Waals surface area (Å²) in [5.74, 6) is 0.613. The van der Waals surface area contributed by atoms with Gasteiger partial charge in [0.15, 0.2) is 11.5 Å². The predicted octanol–water partition coefficient (Wildman–Crippen LogP) is 4.16. The first kappa shape index (κ1) is 18.2. The van der Waals surface area contributed by atoms with Gasteiger partial charge in [-0.15, -0.1) is 0 Å². The minimum Gasteiger partial charge on any atom is -0.493 e. The number of rotatable bonds is 6. The molecule has 0 aliphatic heterocycles. The molecule has 8 heteroatoms. The summed E-state index contributed by atoms with van der Waals surface area (Å²) in [7, 11) is 2.99. The van der Waals surface area contributed by atoms with Crippen LogP contribution in [0.1, 0.15) is 10.4 Å². The highest BCUT2D eigenvalue weighted by atomic mass is 127. The highest BCUT2D eigenvalue weighted by Crippen LogP contribution is 2.31. The SMILES string of the molecule is COc1cc(I)c(C(=O)Nc2ccc(OC(F)F)cc2)cc1OC. The van der Waals surface area contributed by atoms with E-state index >= 15 is 0 Å². The number of halogens is 3. The number of carbonyl (C=O) groups excluding carboxylic acids is 1. The van der Waals surface area contributed by atoms with Gasteiger partial charge in [-0.05, 0) is 59.0 Å². The van der Waals surface area contributed by atoms with E-state index in [1.165, 1.54) is 38.5 Å². The highest BCUT2D eigenvalue weighted by Gasteiger charge is 2.16. The zero-order valence-electron chi connectivity index (χ0n) is 12.8. The second kappa shape index (κ2) is 8.13. The number of methoxy groups -OCH3 is 2. The molecule has 0 aliphatic rings. The first-order chi connectivity index (χ1) is 11.4. The molecule has 0 bridgehead atoms. The van der Waals surface area contributed by atoms with E-state index in [4.69, 9.17) is 9.47 Å². The van der Waals surface area contributed by atoms with Crippen molar-refractivity contribution in [3.63, 3.8) is 0 Å². The third-order valence-electron chi connectivity index (χ3n) is 3.06. The molecule has 2 rings (SSSR count). The van der Waals surface area contributed by atoms with E-state index in [0.29, 0.717) is 26.3 Å². The van der Waals surface area contributed by atoms with Crippen molar-refractivity contribution in [2.24, 2.45) is 0 Å². The largest absolute Gasteiger partial charge is 0.493 e. The molecule has 2 aromatic carbocycles. The van der Waals surface area contributed by atoms with Gasteiger partial charge in [-0.3, -0.25) is 4.79 Å². The van der Waals surface area contributed by atoms with Crippen LogP contribution in [0.5, 0.6) is 17.2 Å². The molecule has 0 atom stereocenters. The number of benzene rings is 2. The van der Waals surface area contributed by atoms with Crippen LogP contribution in [0, 0.1) is 3.57 Å². The Labute approximate surface area is 151 Å². The van der Waals surface area contributed by atoms with Crippen molar-refractivity contribution >= 4 is 34.2 Å². The van der Waals surface area contributed by atoms with E-state index < -0.39 is 6.61 Å². The lowest BCUT2D eigenvalue weighted by Crippen LogP contribution is -2.14. The van der Waals surface area contributed by atoms with Crippen LogP contribution in [0.25, 0.3) is 0 Å². The molecule has 0 spiro atoms. The molecule has 0 saturated heterocycles. The van der Waals surface area contributed by atoms with Gasteiger partial charge in [0, 0.05) is 9.26 Å². The summed E-state index contributed by atoms with van der Waals surface area (Å²) in [6.45, 7) is -2.89. The Morgan fingerprint density at radius 2 is 1.67 bits per heavy atom. The second-order valence-electron chi connectivity index (χ2n) is 4.54. The summed E-state index contributed by atoms with van der Waals surface area (Å²) in [5, 5.41) is 2.69. The maximum atomic E-state index is 12.4. The average Bonchev–Trinajstić information content (AvgIpc) is 2.55. The number of anilines is 1. The molecule has 0 unspecified atom stereocenters. The van der Waals surface area contributed by atoms with Crippen LogP contribution in [0.2, 0.25) is 0 Å². The number of ether oxygens (including phenoxy) is 3. The van der Waals surface area contributed by atoms with E-state index in [2.05, 4.69) is 10.1 Å². The van der Waals surface area contributed by atoms with Crippen molar-refractivity contribution in [3.05, 3.63) is 45.5 Å². The molecule has 0 radical (unpaired) electrons. The van der Waals surface area contributed by atoms with Gasteiger partial charge in [0.2, 0.25) is 0 Å². The lowest BCUT2D eigenvalue weighted by atomic mass is 10.2. The number of carbonyl (C=O) groups is 1. The Morgan fingerprint density at radius 3 is 2.21 bits per heavy atom. The normalized spacial score (nSPS) is 10.4. The Hall–Kier alpha value is -2.10. The van der Waals surface area contributed by atoms with Crippen molar-refractivity contribution in [2.75, 3.05) is 19.5 Å². The Balaban J connectivity index is 2.17. The molecule has 2 aromatic rings. The molecule has 0 aromatic heterocycles. The number of amides is 1. The maximum absolute atomic E-state index is 12.4. The van der Waals surface area contributed by atoms with E-state index in [1.54, 1.807) is 12.1 Å². The van der Waals surface area contributed by atoms with Gasteiger partial charge < -0.3 is 19.5 Å². The molecule has 0 heterocycles. The van der Waals surface area contributed by atoms with E-state index in [-0.39, 0.29) is 11.7 Å². The summed E-state index contributed by atoms with van der Waals surface area (Å²) in [6, 6.07) is 8.91. The number of alkyl halides is 2. The zero-order chi connectivity index (χ0) is 17.7. The first-order valence-corrected chi connectivity index (χ1v) is 7.80. The smallest absolute Gasteiger partial charge is 0.387 e. The summed E-state index contributed by atoms with van der Waals surface area (Å²) >= 11 is 2.02. The third-order valence-corrected chi connectivity index (χ3v) is 3.95. The Morgan fingerprint density at radius 1 is 1.08 bits per heavy atom. The average molecular weight is 449 g/mol. The van der Waals surface area contributed by atoms with Crippen LogP contribution in [-0.4, -0.2) is 26.7 Å². The first-order valence-electron chi connectivity index (χ1n) is 6.72. The molecular weight excluding hydrogens is 435 g/mol. The summed E-state index contributed by atoms with van der Waals surface area (Å²) in [4.78, 5) is 12.4. The molecule has 128 valence electrons. The van der Waals surface area contributed by atoms with Crippen molar-refractivity contribution in [1.82, 2.24) is 0 Å². The van der Waals surface area contributed by atoms with E-state index in [1.807, 2.05) is 22.6 Å². The molecule has 0 aliphatic carbocycles. The van der Waals surface area contributed by atoms with Crippen LogP contribution < -0.4 is 19.5 Å². The maximum Gasteiger partial charge on any atom is 0.387 e. The third kappa shape index (κ3) is 4.47. The van der Waals surface area contributed by atoms with Crippen LogP contribution >= 0.6 is 22.6 Å². The van der Waals surface area contributed by atoms with Crippen LogP contribution in [0.3, 0.4) is 0 Å². The van der Waals surface area contributed by atoms with E-state index in [9.17, 15) is 13.6 Å². The Bertz CT molecular complexity index is 723. The minimum absolute atomic E-state index is 0.0173. The van der Waals surface area contributed by atoms with Gasteiger partial charge in [-0.1, -0.05) is 0 Å². The van der Waals surface area contributed by atoms with E-state index in [0.717, 1.165) is 0 Å². The molecule has 1 N–H and O–H groups in total. The molecule has 0 fully saturated rings. The fraction of sp³-hybridized carbons (Fsp3) is 0.188. The molecular formula is C16H14F2INO4. The van der Waals surface area contributed by atoms with Crippen LogP contribution in [0.15, 0.2) is 36.4 Å².